The molecule has 0 fully saturated rings. The van der Waals surface area contributed by atoms with Gasteiger partial charge in [0.1, 0.15) is 74.1 Å². The molecule has 2 aliphatic carbocycles. The number of hydrogen-bond donors (Lipinski definition) is 0. The molecule has 0 aliphatic heterocycles. The zero-order chi connectivity index (χ0) is 92.6. The standard InChI is InChI=1S/C47H50O2.C41H38O3.C41H38O2/c1-3-5-7-15-27-47(28-16-8-6-4-2)45-32-39-30-40(48-33-35-17-11-9-12-18-35)23-21-37(39)31-44(45)43-25-22-38-29-41(24-26-42(38)46(43)47)49-34-36-19-13-10-14-20-36;1-2-3-4-11-16-40(42)41-38(23-20-35-27-37(22-24-39(35)41)44-29-31-14-9-6-10-15-31)34-18-17-33-26-36(21-19-32(33)25-34)43-28-30-12-7-5-8-13-30;1-2-3-4-11-16-37-40-26-33-24-34(42-27-29-12-7-5-8-13-29)19-17-31(33)25-39(40)38-21-18-32-23-35(20-22-36(32)41(37)38)43-28-30-14-9-6-10-15-30/h9-14,17-26,29-32H,3-8,15-16,27-28,33-34H2,1-2H3;5-10,12-15,17-27H,2-4,11,16,28-29H2,1H3;5-10,12-15,17-26,37H,2-4,11,16,27-28H2,1H3. The van der Waals surface area contributed by atoms with Gasteiger partial charge in [0.15, 0.2) is 5.78 Å². The van der Waals surface area contributed by atoms with Crippen LogP contribution in [0.3, 0.4) is 0 Å². The van der Waals surface area contributed by atoms with E-state index in [1.165, 1.54) is 201 Å². The molecule has 0 saturated heterocycles. The van der Waals surface area contributed by atoms with Crippen molar-refractivity contribution in [3.05, 3.63) is 431 Å². The Morgan fingerprint density at radius 1 is 0.257 bits per heavy atom. The van der Waals surface area contributed by atoms with Gasteiger partial charge in [0.2, 0.25) is 0 Å². The van der Waals surface area contributed by atoms with Crippen LogP contribution in [-0.2, 0) is 45.1 Å². The van der Waals surface area contributed by atoms with Crippen LogP contribution in [0.25, 0.3) is 98.0 Å². The summed E-state index contributed by atoms with van der Waals surface area (Å²) in [6, 6.07) is 131. The van der Waals surface area contributed by atoms with Crippen molar-refractivity contribution in [1.29, 1.82) is 0 Å². The third kappa shape index (κ3) is 22.3. The molecule has 0 spiro atoms. The number of ether oxygens (including phenoxy) is 6. The summed E-state index contributed by atoms with van der Waals surface area (Å²) in [5.74, 6) is 5.91. The molecule has 0 amide bonds. The van der Waals surface area contributed by atoms with Gasteiger partial charge >= 0.3 is 0 Å². The van der Waals surface area contributed by atoms with Crippen LogP contribution in [0.1, 0.15) is 228 Å². The number of hydrogen-bond acceptors (Lipinski definition) is 7. The molecule has 136 heavy (non-hydrogen) atoms. The topological polar surface area (TPSA) is 72.5 Å². The number of unbranched alkanes of at least 4 members (excludes halogenated alkanes) is 12. The zero-order valence-corrected chi connectivity index (χ0v) is 79.5. The SMILES string of the molecule is CCCCCCC(=O)c1c(-c2ccc3cc(OCc4ccccc4)ccc3c2)ccc2cc(OCc3ccccc3)ccc12.CCCCCCC1(CCCCCC)c2cc3cc(OCc4ccccc4)ccc3cc2-c2ccc3cc(OCc4ccccc4)ccc3c21.CCCCCCC1c2cc3cc(OCc4ccccc4)ccc3cc2-c2ccc3cc(OCc4ccccc4)ccc3c21. The molecule has 7 nitrogen and oxygen atoms in total. The number of carbonyl (C=O) groups is 1. The first-order valence-corrected chi connectivity index (χ1v) is 50.1. The van der Waals surface area contributed by atoms with Gasteiger partial charge in [-0.25, -0.2) is 0 Å². The molecule has 0 N–H and O–H groups in total. The molecule has 684 valence electrons. The summed E-state index contributed by atoms with van der Waals surface area (Å²) >= 11 is 0. The Kier molecular flexibility index (Phi) is 30.8. The van der Waals surface area contributed by atoms with E-state index in [1.54, 1.807) is 5.56 Å². The third-order valence-corrected chi connectivity index (χ3v) is 27.7. The molecule has 0 radical (unpaired) electrons. The molecule has 1 atom stereocenters. The van der Waals surface area contributed by atoms with E-state index in [2.05, 4.69) is 331 Å². The fourth-order valence-corrected chi connectivity index (χ4v) is 20.5. The summed E-state index contributed by atoms with van der Waals surface area (Å²) in [5.41, 5.74) is 21.4. The van der Waals surface area contributed by atoms with Crippen LogP contribution >= 0.6 is 0 Å². The molecule has 18 aromatic carbocycles. The zero-order valence-electron chi connectivity index (χ0n) is 79.5. The fourth-order valence-electron chi connectivity index (χ4n) is 20.5. The van der Waals surface area contributed by atoms with Crippen LogP contribution in [0.5, 0.6) is 34.5 Å². The molecule has 2 aliphatic rings. The lowest BCUT2D eigenvalue weighted by Gasteiger charge is -2.34. The average molecular weight is 1790 g/mol. The summed E-state index contributed by atoms with van der Waals surface area (Å²) in [7, 11) is 0. The Labute approximate surface area is 804 Å². The van der Waals surface area contributed by atoms with Gasteiger partial charge in [-0.1, -0.05) is 385 Å². The maximum Gasteiger partial charge on any atom is 0.164 e. The molecule has 18 aromatic rings. The first-order valence-electron chi connectivity index (χ1n) is 50.1. The minimum Gasteiger partial charge on any atom is -0.489 e. The van der Waals surface area contributed by atoms with Gasteiger partial charge < -0.3 is 28.4 Å². The summed E-state index contributed by atoms with van der Waals surface area (Å²) in [4.78, 5) is 13.9. The normalized spacial score (nSPS) is 12.6. The smallest absolute Gasteiger partial charge is 0.164 e. The third-order valence-electron chi connectivity index (χ3n) is 27.7. The van der Waals surface area contributed by atoms with E-state index in [0.717, 1.165) is 110 Å². The number of ketones is 1. The summed E-state index contributed by atoms with van der Waals surface area (Å²) in [6.45, 7) is 12.4. The highest BCUT2D eigenvalue weighted by atomic mass is 16.5. The minimum absolute atomic E-state index is 0.0207. The molecular formula is C129H126O7. The van der Waals surface area contributed by atoms with Gasteiger partial charge in [-0.15, -0.1) is 0 Å². The van der Waals surface area contributed by atoms with E-state index >= 15 is 0 Å². The number of rotatable bonds is 40. The first-order chi connectivity index (χ1) is 67.1. The molecule has 0 aromatic heterocycles. The van der Waals surface area contributed by atoms with E-state index in [9.17, 15) is 4.79 Å². The van der Waals surface area contributed by atoms with E-state index < -0.39 is 0 Å². The van der Waals surface area contributed by atoms with Crippen molar-refractivity contribution >= 4 is 70.4 Å². The van der Waals surface area contributed by atoms with E-state index in [1.807, 2.05) is 66.7 Å². The molecule has 1 unspecified atom stereocenters. The van der Waals surface area contributed by atoms with Crippen molar-refractivity contribution in [3.8, 4) is 67.9 Å². The second kappa shape index (κ2) is 45.3. The van der Waals surface area contributed by atoms with E-state index in [0.29, 0.717) is 52.0 Å². The average Bonchev–Trinajstić information content (AvgIpc) is 1.54. The van der Waals surface area contributed by atoms with Crippen molar-refractivity contribution in [2.24, 2.45) is 0 Å². The molecule has 0 bridgehead atoms. The lowest BCUT2D eigenvalue weighted by molar-refractivity contribution is 0.0981. The Morgan fingerprint density at radius 2 is 0.596 bits per heavy atom. The largest absolute Gasteiger partial charge is 0.489 e. The minimum atomic E-state index is -0.0207. The quantitative estimate of drug-likeness (QED) is 0.0280. The van der Waals surface area contributed by atoms with Gasteiger partial charge in [-0.3, -0.25) is 4.79 Å². The molecule has 20 rings (SSSR count). The highest BCUT2D eigenvalue weighted by Crippen LogP contribution is 2.58. The Hall–Kier alpha value is -14.0. The van der Waals surface area contributed by atoms with Crippen LogP contribution < -0.4 is 28.4 Å². The van der Waals surface area contributed by atoms with Crippen molar-refractivity contribution < 1.29 is 33.2 Å². The lowest BCUT2D eigenvalue weighted by Crippen LogP contribution is -2.26. The van der Waals surface area contributed by atoms with Crippen LogP contribution in [0.15, 0.2) is 370 Å². The number of benzene rings is 18. The second-order valence-corrected chi connectivity index (χ2v) is 37.2. The van der Waals surface area contributed by atoms with Crippen LogP contribution in [0.4, 0.5) is 0 Å². The number of carbonyl (C=O) groups excluding carboxylic acids is 1. The Balaban J connectivity index is 0.000000136. The summed E-state index contributed by atoms with van der Waals surface area (Å²) < 4.78 is 37.2. The lowest BCUT2D eigenvalue weighted by atomic mass is 9.69. The fraction of sp³-hybridized carbons (Fsp3) is 0.248. The van der Waals surface area contributed by atoms with E-state index in [-0.39, 0.29) is 11.2 Å². The van der Waals surface area contributed by atoms with Gasteiger partial charge in [-0.05, 0) is 289 Å². The molecular weight excluding hydrogens is 1660 g/mol. The first kappa shape index (κ1) is 92.4. The Bertz CT molecular complexity index is 7040. The van der Waals surface area contributed by atoms with Crippen LogP contribution in [0.2, 0.25) is 0 Å². The highest BCUT2D eigenvalue weighted by Gasteiger charge is 2.44. The Morgan fingerprint density at radius 3 is 1.05 bits per heavy atom. The van der Waals surface area contributed by atoms with Crippen molar-refractivity contribution in [3.63, 3.8) is 0 Å². The van der Waals surface area contributed by atoms with Crippen molar-refractivity contribution in [2.75, 3.05) is 0 Å². The monoisotopic (exact) mass is 1790 g/mol. The number of fused-ring (bicyclic) bond motifs is 14. The van der Waals surface area contributed by atoms with Gasteiger partial charge in [0.25, 0.3) is 0 Å². The summed E-state index contributed by atoms with van der Waals surface area (Å²) in [5, 5.41) is 14.5. The maximum absolute atomic E-state index is 13.9. The predicted octanol–water partition coefficient (Wildman–Crippen LogP) is 35.6. The molecule has 0 saturated carbocycles. The van der Waals surface area contributed by atoms with Gasteiger partial charge in [0, 0.05) is 23.3 Å². The van der Waals surface area contributed by atoms with Crippen molar-refractivity contribution in [2.45, 2.75) is 207 Å². The van der Waals surface area contributed by atoms with E-state index in [4.69, 9.17) is 28.4 Å². The second-order valence-electron chi connectivity index (χ2n) is 37.2. The predicted molar refractivity (Wildman–Crippen MR) is 567 cm³/mol. The van der Waals surface area contributed by atoms with Gasteiger partial charge in [-0.2, -0.15) is 0 Å². The molecule has 0 heterocycles. The maximum atomic E-state index is 13.9. The summed E-state index contributed by atoms with van der Waals surface area (Å²) in [6.07, 6.45) is 23.6. The van der Waals surface area contributed by atoms with Crippen LogP contribution in [0, 0.1) is 0 Å². The number of Topliss-reactive ketones (excluding diaryl/α,β-unsaturated/α-hetero) is 1. The highest BCUT2D eigenvalue weighted by molar-refractivity contribution is 6.14. The molecule has 7 heteroatoms. The van der Waals surface area contributed by atoms with Crippen LogP contribution in [-0.4, -0.2) is 5.78 Å². The van der Waals surface area contributed by atoms with Gasteiger partial charge in [0.05, 0.1) is 0 Å². The van der Waals surface area contributed by atoms with Crippen molar-refractivity contribution in [1.82, 2.24) is 0 Å².